The topological polar surface area (TPSA) is 95.9 Å². The molecular formula is C26H36N2O5S. The van der Waals surface area contributed by atoms with Crippen LogP contribution in [0.3, 0.4) is 0 Å². The Morgan fingerprint density at radius 1 is 1.21 bits per heavy atom. The zero-order valence-electron chi connectivity index (χ0n) is 20.6. The van der Waals surface area contributed by atoms with Crippen LogP contribution in [0.15, 0.2) is 18.2 Å². The van der Waals surface area contributed by atoms with Gasteiger partial charge < -0.3 is 20.1 Å². The first kappa shape index (κ1) is 25.0. The van der Waals surface area contributed by atoms with Crippen LogP contribution in [0.5, 0.6) is 0 Å². The number of esters is 1. The fourth-order valence-corrected chi connectivity index (χ4v) is 8.68. The highest BCUT2D eigenvalue weighted by atomic mass is 32.2. The first-order valence-corrected chi connectivity index (χ1v) is 13.2. The van der Waals surface area contributed by atoms with Gasteiger partial charge in [-0.15, -0.1) is 11.8 Å². The highest BCUT2D eigenvalue weighted by molar-refractivity contribution is 8.02. The number of aliphatic hydroxyl groups is 1. The summed E-state index contributed by atoms with van der Waals surface area (Å²) in [6.45, 7) is 8.57. The molecule has 4 rings (SSSR count). The van der Waals surface area contributed by atoms with Gasteiger partial charge in [0, 0.05) is 23.6 Å². The highest BCUT2D eigenvalue weighted by Crippen LogP contribution is 2.71. The summed E-state index contributed by atoms with van der Waals surface area (Å²) >= 11 is 1.66. The smallest absolute Gasteiger partial charge is 0.311 e. The number of carbonyl (C=O) groups is 3. The molecule has 1 spiro atoms. The Hall–Kier alpha value is -2.06. The minimum absolute atomic E-state index is 0.107. The van der Waals surface area contributed by atoms with Crippen LogP contribution >= 0.6 is 11.8 Å². The molecule has 2 amide bonds. The number of benzene rings is 1. The molecule has 2 N–H and O–H groups in total. The number of fused-ring (bicyclic) bond motifs is 1. The minimum Gasteiger partial charge on any atom is -0.466 e. The van der Waals surface area contributed by atoms with E-state index in [4.69, 9.17) is 9.84 Å². The molecule has 3 fully saturated rings. The number of ether oxygens (including phenoxy) is 1. The Bertz CT molecular complexity index is 964. The van der Waals surface area contributed by atoms with Crippen molar-refractivity contribution in [2.24, 2.45) is 11.8 Å². The fourth-order valence-electron chi connectivity index (χ4n) is 6.33. The Morgan fingerprint density at radius 3 is 2.56 bits per heavy atom. The van der Waals surface area contributed by atoms with Gasteiger partial charge in [-0.25, -0.2) is 0 Å². The monoisotopic (exact) mass is 488 g/mol. The predicted octanol–water partition coefficient (Wildman–Crippen LogP) is 3.45. The number of nitrogens with one attached hydrogen (secondary N) is 1. The summed E-state index contributed by atoms with van der Waals surface area (Å²) in [4.78, 5) is 42.6. The number of likely N-dealkylation sites (tertiary alicyclic amines) is 1. The average molecular weight is 489 g/mol. The minimum atomic E-state index is -0.649. The van der Waals surface area contributed by atoms with E-state index in [1.807, 2.05) is 39.0 Å². The summed E-state index contributed by atoms with van der Waals surface area (Å²) in [7, 11) is 0. The van der Waals surface area contributed by atoms with Gasteiger partial charge in [0.25, 0.3) is 0 Å². The van der Waals surface area contributed by atoms with E-state index in [2.05, 4.69) is 5.32 Å². The van der Waals surface area contributed by atoms with Crippen LogP contribution in [-0.4, -0.2) is 63.1 Å². The van der Waals surface area contributed by atoms with Crippen LogP contribution < -0.4 is 5.32 Å². The largest absolute Gasteiger partial charge is 0.466 e. The molecule has 34 heavy (non-hydrogen) atoms. The number of nitrogens with zero attached hydrogens (tertiary/aromatic N) is 1. The van der Waals surface area contributed by atoms with E-state index in [1.54, 1.807) is 23.6 Å². The van der Waals surface area contributed by atoms with E-state index in [-0.39, 0.29) is 31.0 Å². The van der Waals surface area contributed by atoms with E-state index < -0.39 is 27.4 Å². The molecule has 5 atom stereocenters. The van der Waals surface area contributed by atoms with E-state index in [9.17, 15) is 14.4 Å². The van der Waals surface area contributed by atoms with Crippen LogP contribution in [0.2, 0.25) is 0 Å². The standard InChI is InChI=1S/C26H36N2O5S/c1-5-33-24(32)19-18-23(31)28(14-7-6-8-15-29)21(26(18)13-12-25(19,4)34-26)22(30)27-20-16(2)10-9-11-17(20)3/h9-11,18-19,21,29H,5-8,12-15H2,1-4H3,(H,27,30)/t18-,19-,21?,25+,26?/m0/s1. The Balaban J connectivity index is 1.70. The van der Waals surface area contributed by atoms with Crippen LogP contribution in [0.1, 0.15) is 57.1 Å². The van der Waals surface area contributed by atoms with Crippen molar-refractivity contribution in [2.75, 3.05) is 25.1 Å². The summed E-state index contributed by atoms with van der Waals surface area (Å²) in [6.07, 6.45) is 3.63. The third kappa shape index (κ3) is 3.92. The second-order valence-electron chi connectivity index (χ2n) is 10.1. The van der Waals surface area contributed by atoms with Crippen molar-refractivity contribution in [3.05, 3.63) is 29.3 Å². The first-order valence-electron chi connectivity index (χ1n) is 12.4. The summed E-state index contributed by atoms with van der Waals surface area (Å²) in [5.74, 6) is -1.72. The Morgan fingerprint density at radius 2 is 1.91 bits per heavy atom. The third-order valence-corrected chi connectivity index (χ3v) is 9.84. The number of para-hydroxylation sites is 1. The number of unbranched alkanes of at least 4 members (excludes halogenated alkanes) is 2. The summed E-state index contributed by atoms with van der Waals surface area (Å²) in [5, 5.41) is 12.3. The zero-order valence-corrected chi connectivity index (χ0v) is 21.4. The maximum absolute atomic E-state index is 13.9. The van der Waals surface area contributed by atoms with Gasteiger partial charge in [0.15, 0.2) is 0 Å². The van der Waals surface area contributed by atoms with Gasteiger partial charge in [0.05, 0.1) is 23.2 Å². The van der Waals surface area contributed by atoms with Crippen molar-refractivity contribution < 1.29 is 24.2 Å². The van der Waals surface area contributed by atoms with Crippen molar-refractivity contribution >= 4 is 35.2 Å². The molecule has 7 nitrogen and oxygen atoms in total. The lowest BCUT2D eigenvalue weighted by Gasteiger charge is -2.34. The number of anilines is 1. The lowest BCUT2D eigenvalue weighted by Crippen LogP contribution is -2.51. The fraction of sp³-hybridized carbons (Fsp3) is 0.654. The number of thioether (sulfide) groups is 1. The summed E-state index contributed by atoms with van der Waals surface area (Å²) in [5.41, 5.74) is 2.73. The highest BCUT2D eigenvalue weighted by Gasteiger charge is 2.77. The third-order valence-electron chi connectivity index (χ3n) is 7.85. The van der Waals surface area contributed by atoms with Gasteiger partial charge >= 0.3 is 5.97 Å². The van der Waals surface area contributed by atoms with Crippen molar-refractivity contribution in [1.82, 2.24) is 4.90 Å². The Kier molecular flexibility index (Phi) is 7.02. The van der Waals surface area contributed by atoms with Gasteiger partial charge in [-0.05, 0) is 70.9 Å². The molecule has 2 unspecified atom stereocenters. The van der Waals surface area contributed by atoms with E-state index in [1.165, 1.54) is 0 Å². The van der Waals surface area contributed by atoms with Crippen LogP contribution in [-0.2, 0) is 19.1 Å². The molecule has 0 radical (unpaired) electrons. The maximum Gasteiger partial charge on any atom is 0.311 e. The molecule has 0 saturated carbocycles. The van der Waals surface area contributed by atoms with E-state index in [0.29, 0.717) is 19.4 Å². The molecule has 186 valence electrons. The molecule has 3 heterocycles. The Labute approximate surface area is 206 Å². The molecule has 8 heteroatoms. The molecule has 1 aromatic carbocycles. The lowest BCUT2D eigenvalue weighted by molar-refractivity contribution is -0.155. The molecule has 3 aliphatic heterocycles. The van der Waals surface area contributed by atoms with Gasteiger partial charge in [0.1, 0.15) is 6.04 Å². The number of hydrogen-bond donors (Lipinski definition) is 2. The first-order chi connectivity index (χ1) is 16.2. The molecular weight excluding hydrogens is 452 g/mol. The normalized spacial score (nSPS) is 31.6. The molecule has 3 aliphatic rings. The summed E-state index contributed by atoms with van der Waals surface area (Å²) in [6, 6.07) is 5.23. The van der Waals surface area contributed by atoms with Crippen molar-refractivity contribution in [3.8, 4) is 0 Å². The van der Waals surface area contributed by atoms with Gasteiger partial charge in [-0.1, -0.05) is 18.2 Å². The van der Waals surface area contributed by atoms with Crippen LogP contribution in [0.4, 0.5) is 5.69 Å². The van der Waals surface area contributed by atoms with Crippen molar-refractivity contribution in [3.63, 3.8) is 0 Å². The number of amides is 2. The number of carbonyl (C=O) groups excluding carboxylic acids is 3. The number of aliphatic hydroxyl groups excluding tert-OH is 1. The van der Waals surface area contributed by atoms with E-state index in [0.717, 1.165) is 36.1 Å². The van der Waals surface area contributed by atoms with Crippen LogP contribution in [0.25, 0.3) is 0 Å². The second-order valence-corrected chi connectivity index (χ2v) is 11.9. The predicted molar refractivity (Wildman–Crippen MR) is 133 cm³/mol. The van der Waals surface area contributed by atoms with Gasteiger partial charge in [-0.3, -0.25) is 14.4 Å². The summed E-state index contributed by atoms with van der Waals surface area (Å²) < 4.78 is 4.37. The van der Waals surface area contributed by atoms with Crippen molar-refractivity contribution in [2.45, 2.75) is 75.3 Å². The number of rotatable bonds is 9. The number of aryl methyl sites for hydroxylation is 2. The SMILES string of the molecule is CCOC(=O)[C@@H]1[C@H]2C(=O)N(CCCCCO)C(C(=O)Nc3c(C)cccc3C)C23CC[C@@]1(C)S3. The van der Waals surface area contributed by atoms with Gasteiger partial charge in [-0.2, -0.15) is 0 Å². The second kappa shape index (κ2) is 9.53. The maximum atomic E-state index is 13.9. The lowest BCUT2D eigenvalue weighted by atomic mass is 9.66. The molecule has 2 bridgehead atoms. The molecule has 1 aromatic rings. The van der Waals surface area contributed by atoms with Crippen LogP contribution in [0, 0.1) is 25.7 Å². The van der Waals surface area contributed by atoms with Gasteiger partial charge in [0.2, 0.25) is 11.8 Å². The molecule has 0 aliphatic carbocycles. The molecule has 0 aromatic heterocycles. The van der Waals surface area contributed by atoms with Crippen molar-refractivity contribution in [1.29, 1.82) is 0 Å². The quantitative estimate of drug-likeness (QED) is 0.408. The van der Waals surface area contributed by atoms with E-state index >= 15 is 0 Å². The zero-order chi connectivity index (χ0) is 24.7. The number of hydrogen-bond acceptors (Lipinski definition) is 6. The molecule has 3 saturated heterocycles. The average Bonchev–Trinajstić information content (AvgIpc) is 3.35.